The Morgan fingerprint density at radius 3 is 2.53 bits per heavy atom. The monoisotopic (exact) mass is 261 g/mol. The smallest absolute Gasteiger partial charge is 0.0697 e. The average molecular weight is 261 g/mol. The Morgan fingerprint density at radius 1 is 1.21 bits per heavy atom. The summed E-state index contributed by atoms with van der Waals surface area (Å²) < 4.78 is 6.12. The predicted octanol–water partition coefficient (Wildman–Crippen LogP) is 4.39. The second kappa shape index (κ2) is 7.04. The highest BCUT2D eigenvalue weighted by Crippen LogP contribution is 2.33. The summed E-state index contributed by atoms with van der Waals surface area (Å²) in [6.07, 6.45) is 13.0. The van der Waals surface area contributed by atoms with E-state index in [9.17, 15) is 0 Å². The van der Waals surface area contributed by atoms with Crippen LogP contribution in [-0.4, -0.2) is 17.2 Å². The van der Waals surface area contributed by atoms with Crippen molar-refractivity contribution < 1.29 is 4.74 Å². The minimum Gasteiger partial charge on any atom is -0.375 e. The molecule has 1 fully saturated rings. The van der Waals surface area contributed by atoms with Gasteiger partial charge < -0.3 is 4.74 Å². The molecule has 0 saturated heterocycles. The minimum atomic E-state index is -0.0158. The molecule has 0 aliphatic heterocycles. The van der Waals surface area contributed by atoms with E-state index in [0.717, 1.165) is 18.9 Å². The van der Waals surface area contributed by atoms with Gasteiger partial charge in [0.25, 0.3) is 0 Å². The lowest BCUT2D eigenvalue weighted by molar-refractivity contribution is -0.0446. The van der Waals surface area contributed by atoms with Gasteiger partial charge in [-0.3, -0.25) is 4.98 Å². The molecule has 1 aromatic rings. The molecule has 1 aromatic heterocycles. The first-order valence-electron chi connectivity index (χ1n) is 7.75. The topological polar surface area (TPSA) is 22.1 Å². The van der Waals surface area contributed by atoms with Crippen LogP contribution in [0.1, 0.15) is 57.9 Å². The molecule has 2 rings (SSSR count). The van der Waals surface area contributed by atoms with Crippen molar-refractivity contribution in [2.75, 3.05) is 6.61 Å². The van der Waals surface area contributed by atoms with E-state index in [4.69, 9.17) is 4.74 Å². The molecule has 1 saturated carbocycles. The largest absolute Gasteiger partial charge is 0.375 e. The first-order chi connectivity index (χ1) is 9.22. The fourth-order valence-corrected chi connectivity index (χ4v) is 3.46. The third-order valence-corrected chi connectivity index (χ3v) is 4.27. The lowest BCUT2D eigenvalue weighted by Gasteiger charge is -2.35. The summed E-state index contributed by atoms with van der Waals surface area (Å²) in [6.45, 7) is 5.19. The van der Waals surface area contributed by atoms with Gasteiger partial charge in [-0.25, -0.2) is 0 Å². The fraction of sp³-hybridized carbons (Fsp3) is 0.706. The second-order valence-corrected chi connectivity index (χ2v) is 6.12. The van der Waals surface area contributed by atoms with Crippen LogP contribution in [0.2, 0.25) is 0 Å². The standard InChI is InChI=1S/C17H27NO/c1-3-19-17(2,13-15-7-5-4-6-8-15)14-16-9-11-18-12-10-16/h9-12,15H,3-8,13-14H2,1-2H3. The molecule has 2 nitrogen and oxygen atoms in total. The summed E-state index contributed by atoms with van der Waals surface area (Å²) in [5.41, 5.74) is 1.32. The van der Waals surface area contributed by atoms with E-state index in [1.54, 1.807) is 0 Å². The van der Waals surface area contributed by atoms with Gasteiger partial charge in [0.2, 0.25) is 0 Å². The van der Waals surface area contributed by atoms with Crippen LogP contribution < -0.4 is 0 Å². The van der Waals surface area contributed by atoms with Crippen LogP contribution in [0.25, 0.3) is 0 Å². The Hall–Kier alpha value is -0.890. The normalized spacial score (nSPS) is 20.1. The summed E-state index contributed by atoms with van der Waals surface area (Å²) in [7, 11) is 0. The number of aromatic nitrogens is 1. The molecule has 1 unspecified atom stereocenters. The molecular weight excluding hydrogens is 234 g/mol. The first-order valence-corrected chi connectivity index (χ1v) is 7.75. The molecular formula is C17H27NO. The van der Waals surface area contributed by atoms with E-state index in [-0.39, 0.29) is 5.60 Å². The quantitative estimate of drug-likeness (QED) is 0.757. The molecule has 0 spiro atoms. The minimum absolute atomic E-state index is 0.0158. The molecule has 0 radical (unpaired) electrons. The number of pyridine rings is 1. The number of hydrogen-bond acceptors (Lipinski definition) is 2. The van der Waals surface area contributed by atoms with E-state index < -0.39 is 0 Å². The molecule has 0 bridgehead atoms. The van der Waals surface area contributed by atoms with Crippen molar-refractivity contribution in [3.05, 3.63) is 30.1 Å². The molecule has 1 atom stereocenters. The number of hydrogen-bond donors (Lipinski definition) is 0. The van der Waals surface area contributed by atoms with Gasteiger partial charge in [-0.05, 0) is 43.9 Å². The van der Waals surface area contributed by atoms with Gasteiger partial charge in [0, 0.05) is 25.4 Å². The maximum Gasteiger partial charge on any atom is 0.0697 e. The molecule has 19 heavy (non-hydrogen) atoms. The zero-order chi connectivity index (χ0) is 13.6. The molecule has 1 heterocycles. The molecule has 1 aliphatic rings. The highest BCUT2D eigenvalue weighted by atomic mass is 16.5. The first kappa shape index (κ1) is 14.5. The van der Waals surface area contributed by atoms with Crippen LogP contribution in [0.15, 0.2) is 24.5 Å². The Kier molecular flexibility index (Phi) is 5.38. The maximum atomic E-state index is 6.12. The molecule has 106 valence electrons. The lowest BCUT2D eigenvalue weighted by atomic mass is 9.79. The van der Waals surface area contributed by atoms with Crippen molar-refractivity contribution in [3.8, 4) is 0 Å². The predicted molar refractivity (Wildman–Crippen MR) is 79.2 cm³/mol. The van der Waals surface area contributed by atoms with Gasteiger partial charge >= 0.3 is 0 Å². The summed E-state index contributed by atoms with van der Waals surface area (Å²) in [5, 5.41) is 0. The van der Waals surface area contributed by atoms with Crippen LogP contribution >= 0.6 is 0 Å². The molecule has 0 aromatic carbocycles. The van der Waals surface area contributed by atoms with E-state index >= 15 is 0 Å². The van der Waals surface area contributed by atoms with E-state index in [2.05, 4.69) is 31.0 Å². The lowest BCUT2D eigenvalue weighted by Crippen LogP contribution is -2.34. The van der Waals surface area contributed by atoms with E-state index in [1.165, 1.54) is 44.1 Å². The average Bonchev–Trinajstić information content (AvgIpc) is 2.41. The van der Waals surface area contributed by atoms with E-state index in [1.807, 2.05) is 12.4 Å². The van der Waals surface area contributed by atoms with Crippen molar-refractivity contribution in [2.24, 2.45) is 5.92 Å². The molecule has 1 aliphatic carbocycles. The zero-order valence-electron chi connectivity index (χ0n) is 12.4. The van der Waals surface area contributed by atoms with Crippen LogP contribution in [0.4, 0.5) is 0 Å². The Labute approximate surface area is 117 Å². The van der Waals surface area contributed by atoms with Crippen molar-refractivity contribution in [3.63, 3.8) is 0 Å². The Morgan fingerprint density at radius 2 is 1.89 bits per heavy atom. The summed E-state index contributed by atoms with van der Waals surface area (Å²) in [4.78, 5) is 4.10. The summed E-state index contributed by atoms with van der Waals surface area (Å²) in [5.74, 6) is 0.854. The van der Waals surface area contributed by atoms with Crippen LogP contribution in [0.3, 0.4) is 0 Å². The summed E-state index contributed by atoms with van der Waals surface area (Å²) in [6, 6.07) is 4.22. The van der Waals surface area contributed by atoms with Gasteiger partial charge in [0.15, 0.2) is 0 Å². The molecule has 0 amide bonds. The zero-order valence-corrected chi connectivity index (χ0v) is 12.4. The maximum absolute atomic E-state index is 6.12. The molecule has 0 N–H and O–H groups in total. The van der Waals surface area contributed by atoms with Crippen molar-refractivity contribution in [2.45, 2.75) is 64.4 Å². The van der Waals surface area contributed by atoms with Gasteiger partial charge in [-0.2, -0.15) is 0 Å². The van der Waals surface area contributed by atoms with Gasteiger partial charge in [0.1, 0.15) is 0 Å². The summed E-state index contributed by atoms with van der Waals surface area (Å²) >= 11 is 0. The van der Waals surface area contributed by atoms with Gasteiger partial charge in [-0.15, -0.1) is 0 Å². The number of nitrogens with zero attached hydrogens (tertiary/aromatic N) is 1. The highest BCUT2D eigenvalue weighted by Gasteiger charge is 2.29. The van der Waals surface area contributed by atoms with Crippen molar-refractivity contribution >= 4 is 0 Å². The van der Waals surface area contributed by atoms with Gasteiger partial charge in [0.05, 0.1) is 5.60 Å². The fourth-order valence-electron chi connectivity index (χ4n) is 3.46. The Bertz CT molecular complexity index is 359. The van der Waals surface area contributed by atoms with Crippen LogP contribution in [0.5, 0.6) is 0 Å². The number of ether oxygens (including phenoxy) is 1. The van der Waals surface area contributed by atoms with Crippen LogP contribution in [0, 0.1) is 5.92 Å². The van der Waals surface area contributed by atoms with Crippen molar-refractivity contribution in [1.29, 1.82) is 0 Å². The third-order valence-electron chi connectivity index (χ3n) is 4.27. The number of rotatable bonds is 6. The van der Waals surface area contributed by atoms with Crippen molar-refractivity contribution in [1.82, 2.24) is 4.98 Å². The Balaban J connectivity index is 1.99. The second-order valence-electron chi connectivity index (χ2n) is 6.12. The highest BCUT2D eigenvalue weighted by molar-refractivity contribution is 5.12. The van der Waals surface area contributed by atoms with Crippen LogP contribution in [-0.2, 0) is 11.2 Å². The molecule has 2 heteroatoms. The van der Waals surface area contributed by atoms with Gasteiger partial charge in [-0.1, -0.05) is 32.1 Å². The third kappa shape index (κ3) is 4.61. The van der Waals surface area contributed by atoms with E-state index in [0.29, 0.717) is 0 Å². The SMILES string of the molecule is CCOC(C)(Cc1ccncc1)CC1CCCCC1.